The molecule has 1 aromatic heterocycles. The Morgan fingerprint density at radius 1 is 1.23 bits per heavy atom. The Hall–Kier alpha value is -2.97. The summed E-state index contributed by atoms with van der Waals surface area (Å²) in [6, 6.07) is 10.0. The Balaban J connectivity index is 1.83. The van der Waals surface area contributed by atoms with Crippen molar-refractivity contribution in [3.8, 4) is 11.8 Å². The summed E-state index contributed by atoms with van der Waals surface area (Å²) < 4.78 is 45.6. The first kappa shape index (κ1) is 26.6. The van der Waals surface area contributed by atoms with Crippen molar-refractivity contribution in [1.29, 1.82) is 5.26 Å². The van der Waals surface area contributed by atoms with Crippen LogP contribution in [0.5, 0.6) is 0 Å². The predicted molar refractivity (Wildman–Crippen MR) is 123 cm³/mol. The highest BCUT2D eigenvalue weighted by atomic mass is 35.5. The van der Waals surface area contributed by atoms with Crippen LogP contribution in [0, 0.1) is 11.3 Å². The summed E-state index contributed by atoms with van der Waals surface area (Å²) in [6.45, 7) is 1.37. The molecule has 3 aromatic rings. The maximum atomic E-state index is 13.1. The lowest BCUT2D eigenvalue weighted by atomic mass is 10.2. The number of rotatable bonds is 7. The van der Waals surface area contributed by atoms with Crippen molar-refractivity contribution in [3.63, 3.8) is 0 Å². The molecule has 0 aliphatic carbocycles. The molecule has 1 heterocycles. The first-order chi connectivity index (χ1) is 16.4. The number of alkyl halides is 3. The summed E-state index contributed by atoms with van der Waals surface area (Å²) in [5, 5.41) is 14.3. The molecule has 0 amide bonds. The molecule has 0 aliphatic heterocycles. The SMILES string of the molecule is CC(ON(C)c1c(C#N)cnn1-c1c(Cl)cc(C(F)(F)F)cc1Cl)C(=O)OCc1cccc(Cl)c1. The third-order valence-corrected chi connectivity index (χ3v) is 5.45. The highest BCUT2D eigenvalue weighted by Gasteiger charge is 2.33. The van der Waals surface area contributed by atoms with E-state index in [4.69, 9.17) is 44.4 Å². The maximum Gasteiger partial charge on any atom is 0.416 e. The lowest BCUT2D eigenvalue weighted by Gasteiger charge is -2.24. The number of esters is 1. The second-order valence-electron chi connectivity index (χ2n) is 7.17. The second kappa shape index (κ2) is 10.7. The molecule has 13 heteroatoms. The zero-order chi connectivity index (χ0) is 25.9. The van der Waals surface area contributed by atoms with Gasteiger partial charge in [0.2, 0.25) is 0 Å². The van der Waals surface area contributed by atoms with Crippen LogP contribution < -0.4 is 5.06 Å². The smallest absolute Gasteiger partial charge is 0.416 e. The third-order valence-electron chi connectivity index (χ3n) is 4.64. The Morgan fingerprint density at radius 2 is 1.89 bits per heavy atom. The largest absolute Gasteiger partial charge is 0.459 e. The van der Waals surface area contributed by atoms with Gasteiger partial charge in [-0.2, -0.15) is 23.5 Å². The molecular formula is C22H16Cl3F3N4O3. The van der Waals surface area contributed by atoms with Gasteiger partial charge in [-0.05, 0) is 36.8 Å². The van der Waals surface area contributed by atoms with E-state index < -0.39 is 23.8 Å². The van der Waals surface area contributed by atoms with Gasteiger partial charge in [-0.3, -0.25) is 4.84 Å². The molecule has 0 bridgehead atoms. The number of hydrogen-bond donors (Lipinski definition) is 0. The van der Waals surface area contributed by atoms with E-state index >= 15 is 0 Å². The van der Waals surface area contributed by atoms with Crippen molar-refractivity contribution >= 4 is 46.6 Å². The number of anilines is 1. The fourth-order valence-corrected chi connectivity index (χ4v) is 3.91. The summed E-state index contributed by atoms with van der Waals surface area (Å²) >= 11 is 18.1. The molecule has 35 heavy (non-hydrogen) atoms. The normalized spacial score (nSPS) is 12.2. The molecule has 184 valence electrons. The summed E-state index contributed by atoms with van der Waals surface area (Å²) in [7, 11) is 1.38. The van der Waals surface area contributed by atoms with Crippen LogP contribution in [0.3, 0.4) is 0 Å². The minimum absolute atomic E-state index is 0.0148. The first-order valence-corrected chi connectivity index (χ1v) is 10.9. The fourth-order valence-electron chi connectivity index (χ4n) is 3.05. The molecule has 0 aliphatic rings. The summed E-state index contributed by atoms with van der Waals surface area (Å²) in [5.41, 5.74) is -0.502. The molecule has 1 unspecified atom stereocenters. The quantitative estimate of drug-likeness (QED) is 0.258. The molecule has 7 nitrogen and oxygen atoms in total. The van der Waals surface area contributed by atoms with Crippen LogP contribution in [-0.2, 0) is 27.2 Å². The number of ether oxygens (including phenoxy) is 1. The number of nitrogens with zero attached hydrogens (tertiary/aromatic N) is 4. The molecule has 0 spiro atoms. The lowest BCUT2D eigenvalue weighted by Crippen LogP contribution is -2.33. The van der Waals surface area contributed by atoms with Crippen LogP contribution in [0.15, 0.2) is 42.6 Å². The van der Waals surface area contributed by atoms with Gasteiger partial charge < -0.3 is 4.74 Å². The van der Waals surface area contributed by atoms with E-state index in [0.717, 1.165) is 15.9 Å². The number of aromatic nitrogens is 2. The van der Waals surface area contributed by atoms with Crippen molar-refractivity contribution in [1.82, 2.24) is 9.78 Å². The van der Waals surface area contributed by atoms with Crippen LogP contribution in [0.1, 0.15) is 23.6 Å². The topological polar surface area (TPSA) is 80.4 Å². The minimum Gasteiger partial charge on any atom is -0.459 e. The van der Waals surface area contributed by atoms with Crippen molar-refractivity contribution in [3.05, 3.63) is 74.4 Å². The van der Waals surface area contributed by atoms with Crippen molar-refractivity contribution in [2.75, 3.05) is 12.1 Å². The molecule has 3 rings (SSSR count). The first-order valence-electron chi connectivity index (χ1n) is 9.78. The van der Waals surface area contributed by atoms with Crippen molar-refractivity contribution in [2.45, 2.75) is 25.8 Å². The lowest BCUT2D eigenvalue weighted by molar-refractivity contribution is -0.158. The monoisotopic (exact) mass is 546 g/mol. The Morgan fingerprint density at radius 3 is 2.46 bits per heavy atom. The Bertz CT molecular complexity index is 1270. The maximum absolute atomic E-state index is 13.1. The number of carbonyl (C=O) groups excluding carboxylic acids is 1. The number of benzene rings is 2. The molecule has 0 saturated heterocycles. The Labute approximate surface area is 213 Å². The standard InChI is InChI=1S/C22H16Cl3F3N4O3/c1-12(21(33)34-11-13-4-3-5-16(23)6-13)35-31(2)20-14(9-29)10-30-32(20)19-17(24)7-15(8-18(19)25)22(26,27)28/h3-8,10,12H,11H2,1-2H3. The van der Waals surface area contributed by atoms with Crippen LogP contribution in [0.25, 0.3) is 5.69 Å². The second-order valence-corrected chi connectivity index (χ2v) is 8.43. The highest BCUT2D eigenvalue weighted by Crippen LogP contribution is 2.39. The van der Waals surface area contributed by atoms with Crippen LogP contribution >= 0.6 is 34.8 Å². The van der Waals surface area contributed by atoms with Gasteiger partial charge in [0.15, 0.2) is 11.9 Å². The summed E-state index contributed by atoms with van der Waals surface area (Å²) in [4.78, 5) is 18.0. The van der Waals surface area contributed by atoms with Crippen LogP contribution in [0.2, 0.25) is 15.1 Å². The van der Waals surface area contributed by atoms with Crippen molar-refractivity contribution in [2.24, 2.45) is 0 Å². The van der Waals surface area contributed by atoms with Gasteiger partial charge in [0.05, 0.1) is 21.8 Å². The number of hydrogen-bond acceptors (Lipinski definition) is 6. The molecule has 0 saturated carbocycles. The molecule has 1 atom stereocenters. The predicted octanol–water partition coefficient (Wildman–Crippen LogP) is 6.22. The zero-order valence-corrected chi connectivity index (χ0v) is 20.4. The number of carbonyl (C=O) groups is 1. The van der Waals surface area contributed by atoms with Crippen LogP contribution in [-0.4, -0.2) is 28.9 Å². The van der Waals surface area contributed by atoms with E-state index in [0.29, 0.717) is 22.7 Å². The molecule has 0 fully saturated rings. The van der Waals surface area contributed by atoms with Crippen molar-refractivity contribution < 1.29 is 27.5 Å². The molecule has 0 N–H and O–H groups in total. The van der Waals surface area contributed by atoms with E-state index in [2.05, 4.69) is 5.10 Å². The molecule has 2 aromatic carbocycles. The van der Waals surface area contributed by atoms with E-state index in [1.807, 2.05) is 6.07 Å². The van der Waals surface area contributed by atoms with Gasteiger partial charge in [0, 0.05) is 12.1 Å². The van der Waals surface area contributed by atoms with Crippen LogP contribution in [0.4, 0.5) is 19.0 Å². The molecule has 0 radical (unpaired) electrons. The fraction of sp³-hybridized carbons (Fsp3) is 0.227. The average molecular weight is 548 g/mol. The van der Waals surface area contributed by atoms with E-state index in [-0.39, 0.29) is 33.7 Å². The van der Waals surface area contributed by atoms with Gasteiger partial charge in [-0.15, -0.1) is 0 Å². The number of halogens is 6. The molecular weight excluding hydrogens is 532 g/mol. The number of nitriles is 1. The summed E-state index contributed by atoms with van der Waals surface area (Å²) in [5.74, 6) is -0.738. The highest BCUT2D eigenvalue weighted by molar-refractivity contribution is 6.38. The Kier molecular flexibility index (Phi) is 8.18. The van der Waals surface area contributed by atoms with Gasteiger partial charge in [-0.25, -0.2) is 14.5 Å². The van der Waals surface area contributed by atoms with Gasteiger partial charge in [-0.1, -0.05) is 46.9 Å². The minimum atomic E-state index is -4.67. The van der Waals surface area contributed by atoms with E-state index in [9.17, 15) is 23.2 Å². The zero-order valence-electron chi connectivity index (χ0n) is 18.1. The third kappa shape index (κ3) is 6.18. The van der Waals surface area contributed by atoms with Gasteiger partial charge in [0.1, 0.15) is 23.9 Å². The van der Waals surface area contributed by atoms with Gasteiger partial charge >= 0.3 is 12.1 Å². The number of hydroxylamine groups is 1. The average Bonchev–Trinajstić information content (AvgIpc) is 3.20. The summed E-state index contributed by atoms with van der Waals surface area (Å²) in [6.07, 6.45) is -4.65. The van der Waals surface area contributed by atoms with E-state index in [1.54, 1.807) is 24.3 Å². The van der Waals surface area contributed by atoms with E-state index in [1.165, 1.54) is 14.0 Å². The van der Waals surface area contributed by atoms with Gasteiger partial charge in [0.25, 0.3) is 0 Å².